The van der Waals surface area contributed by atoms with Crippen LogP contribution in [0.25, 0.3) is 0 Å². The average Bonchev–Trinajstić information content (AvgIpc) is 2.52. The molecule has 0 radical (unpaired) electrons. The first-order chi connectivity index (χ1) is 11.2. The van der Waals surface area contributed by atoms with E-state index in [1.165, 1.54) is 13.2 Å². The van der Waals surface area contributed by atoms with Crippen molar-refractivity contribution in [1.82, 2.24) is 4.90 Å². The molecular weight excluding hydrogens is 308 g/mol. The number of hydrogen-bond donors (Lipinski definition) is 0. The average molecular weight is 334 g/mol. The second-order valence-corrected chi connectivity index (χ2v) is 7.43. The van der Waals surface area contributed by atoms with Crippen LogP contribution in [0.15, 0.2) is 12.1 Å². The SMILES string of the molecule is COc1c(C(=O)N2CCCC[C@@H]2C)cc(C(C)(C)C)cc1[N+](=O)[O-]. The number of rotatable bonds is 3. The second kappa shape index (κ2) is 6.79. The van der Waals surface area contributed by atoms with Crippen molar-refractivity contribution in [3.63, 3.8) is 0 Å². The molecule has 0 saturated carbocycles. The molecule has 6 nitrogen and oxygen atoms in total. The number of ether oxygens (including phenoxy) is 1. The van der Waals surface area contributed by atoms with Gasteiger partial charge >= 0.3 is 5.69 Å². The molecular formula is C18H26N2O4. The van der Waals surface area contributed by atoms with Gasteiger partial charge in [0.05, 0.1) is 17.6 Å². The molecule has 1 amide bonds. The van der Waals surface area contributed by atoms with Crippen molar-refractivity contribution >= 4 is 11.6 Å². The van der Waals surface area contributed by atoms with E-state index in [0.717, 1.165) is 24.8 Å². The monoisotopic (exact) mass is 334 g/mol. The Kier molecular flexibility index (Phi) is 5.16. The van der Waals surface area contributed by atoms with Gasteiger partial charge in [0.25, 0.3) is 5.91 Å². The molecule has 24 heavy (non-hydrogen) atoms. The third-order valence-electron chi connectivity index (χ3n) is 4.63. The van der Waals surface area contributed by atoms with Crippen LogP contribution in [-0.4, -0.2) is 35.4 Å². The lowest BCUT2D eigenvalue weighted by Gasteiger charge is -2.34. The summed E-state index contributed by atoms with van der Waals surface area (Å²) in [6, 6.07) is 3.39. The van der Waals surface area contributed by atoms with Gasteiger partial charge in [-0.3, -0.25) is 14.9 Å². The quantitative estimate of drug-likeness (QED) is 0.620. The van der Waals surface area contributed by atoms with Crippen LogP contribution in [0.1, 0.15) is 62.9 Å². The molecule has 0 bridgehead atoms. The summed E-state index contributed by atoms with van der Waals surface area (Å²) < 4.78 is 5.26. The van der Waals surface area contributed by atoms with E-state index in [1.807, 2.05) is 27.7 Å². The molecule has 1 heterocycles. The minimum atomic E-state index is -0.482. The summed E-state index contributed by atoms with van der Waals surface area (Å²) >= 11 is 0. The van der Waals surface area contributed by atoms with Crippen LogP contribution in [0.3, 0.4) is 0 Å². The largest absolute Gasteiger partial charge is 0.490 e. The molecule has 0 spiro atoms. The molecule has 1 aliphatic rings. The number of piperidine rings is 1. The normalized spacial score (nSPS) is 18.4. The lowest BCUT2D eigenvalue weighted by atomic mass is 9.85. The minimum absolute atomic E-state index is 0.0516. The van der Waals surface area contributed by atoms with Gasteiger partial charge in [0.2, 0.25) is 5.75 Å². The Morgan fingerprint density at radius 3 is 2.50 bits per heavy atom. The maximum Gasteiger partial charge on any atom is 0.312 e. The number of nitro benzene ring substituents is 1. The van der Waals surface area contributed by atoms with Gasteiger partial charge in [-0.1, -0.05) is 20.8 Å². The maximum atomic E-state index is 13.1. The molecule has 0 N–H and O–H groups in total. The first kappa shape index (κ1) is 18.2. The fourth-order valence-corrected chi connectivity index (χ4v) is 3.11. The summed E-state index contributed by atoms with van der Waals surface area (Å²) in [5, 5.41) is 11.5. The van der Waals surface area contributed by atoms with Crippen molar-refractivity contribution in [1.29, 1.82) is 0 Å². The lowest BCUT2D eigenvalue weighted by Crippen LogP contribution is -2.42. The molecule has 0 aromatic heterocycles. The molecule has 0 aliphatic carbocycles. The van der Waals surface area contributed by atoms with E-state index < -0.39 is 4.92 Å². The van der Waals surface area contributed by atoms with Gasteiger partial charge in [0.15, 0.2) is 0 Å². The van der Waals surface area contributed by atoms with Crippen LogP contribution in [0.2, 0.25) is 0 Å². The van der Waals surface area contributed by atoms with Gasteiger partial charge in [-0.25, -0.2) is 0 Å². The summed E-state index contributed by atoms with van der Waals surface area (Å²) in [6.45, 7) is 8.60. The molecule has 1 saturated heterocycles. The van der Waals surface area contributed by atoms with E-state index >= 15 is 0 Å². The van der Waals surface area contributed by atoms with Crippen LogP contribution < -0.4 is 4.74 Å². The summed E-state index contributed by atoms with van der Waals surface area (Å²) in [5.41, 5.74) is 0.575. The van der Waals surface area contributed by atoms with Crippen molar-refractivity contribution in [2.45, 2.75) is 58.4 Å². The molecule has 132 valence electrons. The number of carbonyl (C=O) groups is 1. The topological polar surface area (TPSA) is 72.7 Å². The van der Waals surface area contributed by atoms with Crippen LogP contribution in [-0.2, 0) is 5.41 Å². The lowest BCUT2D eigenvalue weighted by molar-refractivity contribution is -0.385. The van der Waals surface area contributed by atoms with Gasteiger partial charge < -0.3 is 9.64 Å². The molecule has 1 aliphatic heterocycles. The van der Waals surface area contributed by atoms with E-state index in [-0.39, 0.29) is 34.4 Å². The Hall–Kier alpha value is -2.11. The minimum Gasteiger partial charge on any atom is -0.490 e. The smallest absolute Gasteiger partial charge is 0.312 e. The molecule has 1 fully saturated rings. The zero-order valence-electron chi connectivity index (χ0n) is 15.1. The highest BCUT2D eigenvalue weighted by Crippen LogP contribution is 2.37. The highest BCUT2D eigenvalue weighted by Gasteiger charge is 2.32. The number of methoxy groups -OCH3 is 1. The Balaban J connectivity index is 2.59. The van der Waals surface area contributed by atoms with Crippen LogP contribution in [0.4, 0.5) is 5.69 Å². The zero-order chi connectivity index (χ0) is 18.1. The van der Waals surface area contributed by atoms with Crippen LogP contribution in [0.5, 0.6) is 5.75 Å². The predicted molar refractivity (Wildman–Crippen MR) is 92.7 cm³/mol. The van der Waals surface area contributed by atoms with Crippen molar-refractivity contribution < 1.29 is 14.5 Å². The van der Waals surface area contributed by atoms with E-state index in [9.17, 15) is 14.9 Å². The van der Waals surface area contributed by atoms with Crippen LogP contribution >= 0.6 is 0 Å². The first-order valence-electron chi connectivity index (χ1n) is 8.34. The van der Waals surface area contributed by atoms with Crippen molar-refractivity contribution in [2.75, 3.05) is 13.7 Å². The third-order valence-corrected chi connectivity index (χ3v) is 4.63. The third kappa shape index (κ3) is 3.52. The van der Waals surface area contributed by atoms with Gasteiger partial charge in [0, 0.05) is 18.7 Å². The summed E-state index contributed by atoms with van der Waals surface area (Å²) in [7, 11) is 1.37. The Morgan fingerprint density at radius 1 is 1.33 bits per heavy atom. The molecule has 0 unspecified atom stereocenters. The number of nitrogens with zero attached hydrogens (tertiary/aromatic N) is 2. The van der Waals surface area contributed by atoms with Gasteiger partial charge in [-0.2, -0.15) is 0 Å². The number of amides is 1. The van der Waals surface area contributed by atoms with E-state index in [0.29, 0.717) is 6.54 Å². The molecule has 2 rings (SSSR count). The number of hydrogen-bond acceptors (Lipinski definition) is 4. The number of likely N-dealkylation sites (tertiary alicyclic amines) is 1. The molecule has 1 aromatic carbocycles. The Morgan fingerprint density at radius 2 is 2.00 bits per heavy atom. The van der Waals surface area contributed by atoms with Gasteiger partial charge in [0.1, 0.15) is 0 Å². The number of nitro groups is 1. The number of benzene rings is 1. The standard InChI is InChI=1S/C18H26N2O4/c1-12-8-6-7-9-19(12)17(21)14-10-13(18(2,3)4)11-15(20(22)23)16(14)24-5/h10-12H,6-9H2,1-5H3/t12-/m0/s1. The summed E-state index contributed by atoms with van der Waals surface area (Å²) in [5.74, 6) is -0.135. The highest BCUT2D eigenvalue weighted by atomic mass is 16.6. The zero-order valence-corrected chi connectivity index (χ0v) is 15.1. The number of carbonyl (C=O) groups excluding carboxylic acids is 1. The molecule has 1 aromatic rings. The fourth-order valence-electron chi connectivity index (χ4n) is 3.11. The van der Waals surface area contributed by atoms with Crippen LogP contribution in [0, 0.1) is 10.1 Å². The predicted octanol–water partition coefficient (Wildman–Crippen LogP) is 3.92. The Bertz CT molecular complexity index is 649. The molecule has 1 atom stereocenters. The van der Waals surface area contributed by atoms with E-state index in [4.69, 9.17) is 4.74 Å². The summed E-state index contributed by atoms with van der Waals surface area (Å²) in [6.07, 6.45) is 3.01. The van der Waals surface area contributed by atoms with Crippen molar-refractivity contribution in [2.24, 2.45) is 0 Å². The maximum absolute atomic E-state index is 13.1. The molecule has 6 heteroatoms. The Labute approximate surface area is 142 Å². The van der Waals surface area contributed by atoms with Gasteiger partial charge in [-0.15, -0.1) is 0 Å². The fraction of sp³-hybridized carbons (Fsp3) is 0.611. The first-order valence-corrected chi connectivity index (χ1v) is 8.34. The van der Waals surface area contributed by atoms with Crippen molar-refractivity contribution in [3.05, 3.63) is 33.4 Å². The summed E-state index contributed by atoms with van der Waals surface area (Å²) in [4.78, 5) is 25.9. The van der Waals surface area contributed by atoms with E-state index in [2.05, 4.69) is 0 Å². The second-order valence-electron chi connectivity index (χ2n) is 7.43. The highest BCUT2D eigenvalue weighted by molar-refractivity contribution is 5.99. The van der Waals surface area contributed by atoms with Gasteiger partial charge in [-0.05, 0) is 43.2 Å². The van der Waals surface area contributed by atoms with E-state index in [1.54, 1.807) is 11.0 Å². The van der Waals surface area contributed by atoms with Crippen molar-refractivity contribution in [3.8, 4) is 5.75 Å².